The van der Waals surface area contributed by atoms with Crippen molar-refractivity contribution in [3.8, 4) is 9.75 Å². The number of anilines is 1. The van der Waals surface area contributed by atoms with Crippen molar-refractivity contribution in [1.82, 2.24) is 0 Å². The van der Waals surface area contributed by atoms with Gasteiger partial charge in [-0.3, -0.25) is 5.41 Å². The lowest BCUT2D eigenvalue weighted by molar-refractivity contribution is -0.104. The fourth-order valence-electron chi connectivity index (χ4n) is 1.61. The molecule has 0 aliphatic carbocycles. The summed E-state index contributed by atoms with van der Waals surface area (Å²) in [6.07, 6.45) is 3.53. The summed E-state index contributed by atoms with van der Waals surface area (Å²) < 4.78 is 0. The first-order valence-electron chi connectivity index (χ1n) is 5.71. The lowest BCUT2D eigenvalue weighted by atomic mass is 10.2. The number of hydrogen-bond donors (Lipinski definition) is 1. The highest BCUT2D eigenvalue weighted by atomic mass is 32.1. The van der Waals surface area contributed by atoms with Crippen LogP contribution >= 0.6 is 22.7 Å². The number of allylic oxidation sites excluding steroid dienone is 2. The van der Waals surface area contributed by atoms with Gasteiger partial charge in [0.2, 0.25) is 0 Å². The Bertz CT molecular complexity index is 576. The highest BCUT2D eigenvalue weighted by Gasteiger charge is 2.08. The van der Waals surface area contributed by atoms with E-state index < -0.39 is 0 Å². The summed E-state index contributed by atoms with van der Waals surface area (Å²) in [5, 5.41) is 6.70. The molecule has 2 nitrogen and oxygen atoms in total. The Morgan fingerprint density at radius 3 is 2.39 bits per heavy atom. The summed E-state index contributed by atoms with van der Waals surface area (Å²) in [6, 6.07) is 8.68. The lowest BCUT2D eigenvalue weighted by Crippen LogP contribution is -2.28. The van der Waals surface area contributed by atoms with Gasteiger partial charge in [0, 0.05) is 34.8 Å². The monoisotopic (exact) mass is 277 g/mol. The summed E-state index contributed by atoms with van der Waals surface area (Å²) in [4.78, 5) is 6.04. The van der Waals surface area contributed by atoms with E-state index in [0.717, 1.165) is 0 Å². The van der Waals surface area contributed by atoms with Crippen molar-refractivity contribution < 1.29 is 5.41 Å². The molecule has 0 saturated heterocycles. The molecule has 2 heterocycles. The van der Waals surface area contributed by atoms with Gasteiger partial charge >= 0.3 is 0 Å². The maximum atomic E-state index is 5.42. The molecule has 0 bridgehead atoms. The first-order chi connectivity index (χ1) is 8.61. The molecule has 0 amide bonds. The molecule has 0 radical (unpaired) electrons. The SMILES string of the molecule is C/C(=C\C=[NH2+])c1ccc(-c2ccc(N(C)C)s2)s1. The highest BCUT2D eigenvalue weighted by Crippen LogP contribution is 2.38. The van der Waals surface area contributed by atoms with E-state index in [4.69, 9.17) is 5.41 Å². The van der Waals surface area contributed by atoms with Gasteiger partial charge in [-0.25, -0.2) is 0 Å². The summed E-state index contributed by atoms with van der Waals surface area (Å²) in [5.74, 6) is 0. The summed E-state index contributed by atoms with van der Waals surface area (Å²) in [6.45, 7) is 2.08. The molecule has 2 aromatic heterocycles. The van der Waals surface area contributed by atoms with Crippen LogP contribution in [0.2, 0.25) is 0 Å². The highest BCUT2D eigenvalue weighted by molar-refractivity contribution is 7.24. The summed E-state index contributed by atoms with van der Waals surface area (Å²) in [5.41, 5.74) is 1.21. The van der Waals surface area contributed by atoms with Crippen LogP contribution in [0.4, 0.5) is 5.00 Å². The maximum Gasteiger partial charge on any atom is 0.160 e. The fraction of sp³-hybridized carbons (Fsp3) is 0.214. The zero-order valence-electron chi connectivity index (χ0n) is 10.8. The molecule has 18 heavy (non-hydrogen) atoms. The maximum absolute atomic E-state index is 5.42. The molecular weight excluding hydrogens is 260 g/mol. The van der Waals surface area contributed by atoms with E-state index in [2.05, 4.69) is 50.2 Å². The van der Waals surface area contributed by atoms with Crippen LogP contribution in [-0.2, 0) is 0 Å². The van der Waals surface area contributed by atoms with Crippen molar-refractivity contribution in [3.63, 3.8) is 0 Å². The topological polar surface area (TPSA) is 28.8 Å². The van der Waals surface area contributed by atoms with E-state index in [0.29, 0.717) is 0 Å². The molecule has 94 valence electrons. The lowest BCUT2D eigenvalue weighted by Gasteiger charge is -2.06. The van der Waals surface area contributed by atoms with Crippen LogP contribution in [0.5, 0.6) is 0 Å². The van der Waals surface area contributed by atoms with Crippen molar-refractivity contribution in [2.75, 3.05) is 19.0 Å². The average Bonchev–Trinajstić information content (AvgIpc) is 2.98. The Balaban J connectivity index is 2.29. The smallest absolute Gasteiger partial charge is 0.160 e. The Morgan fingerprint density at radius 2 is 1.78 bits per heavy atom. The van der Waals surface area contributed by atoms with Gasteiger partial charge in [0.1, 0.15) is 0 Å². The van der Waals surface area contributed by atoms with Crippen LogP contribution in [0, 0.1) is 0 Å². The van der Waals surface area contributed by atoms with Crippen LogP contribution in [0.3, 0.4) is 0 Å². The van der Waals surface area contributed by atoms with E-state index in [1.807, 2.05) is 28.7 Å². The van der Waals surface area contributed by atoms with Crippen LogP contribution in [0.25, 0.3) is 15.3 Å². The molecule has 0 unspecified atom stereocenters. The Labute approximate surface area is 116 Å². The molecular formula is C14H17N2S2+. The quantitative estimate of drug-likeness (QED) is 0.855. The van der Waals surface area contributed by atoms with Gasteiger partial charge < -0.3 is 4.90 Å². The molecule has 0 spiro atoms. The van der Waals surface area contributed by atoms with Crippen molar-refractivity contribution >= 4 is 39.5 Å². The van der Waals surface area contributed by atoms with Gasteiger partial charge in [-0.15, -0.1) is 22.7 Å². The molecule has 0 saturated carbocycles. The van der Waals surface area contributed by atoms with E-state index in [-0.39, 0.29) is 0 Å². The second-order valence-electron chi connectivity index (χ2n) is 4.24. The molecule has 0 aliphatic rings. The minimum atomic E-state index is 1.21. The second-order valence-corrected chi connectivity index (χ2v) is 6.38. The standard InChI is InChI=1S/C14H16N2S2/c1-10(8-9-15)11-4-5-12(17-11)13-6-7-14(18-13)16(2)3/h4-9,15H,1-3H3/p+1/b10-8+,15-9?. The zero-order chi connectivity index (χ0) is 13.1. The number of thiophene rings is 2. The zero-order valence-corrected chi connectivity index (χ0v) is 12.4. The molecule has 2 N–H and O–H groups in total. The van der Waals surface area contributed by atoms with Crippen LogP contribution in [-0.4, -0.2) is 20.3 Å². The summed E-state index contributed by atoms with van der Waals surface area (Å²) in [7, 11) is 4.14. The van der Waals surface area contributed by atoms with E-state index in [9.17, 15) is 0 Å². The summed E-state index contributed by atoms with van der Waals surface area (Å²) >= 11 is 3.62. The van der Waals surface area contributed by atoms with Gasteiger partial charge in [0.25, 0.3) is 0 Å². The molecule has 2 rings (SSSR count). The molecule has 0 fully saturated rings. The third-order valence-electron chi connectivity index (χ3n) is 2.62. The van der Waals surface area contributed by atoms with Crippen molar-refractivity contribution in [2.45, 2.75) is 6.92 Å². The predicted molar refractivity (Wildman–Crippen MR) is 83.6 cm³/mol. The number of nitrogens with two attached hydrogens (primary N) is 1. The molecule has 0 aliphatic heterocycles. The first kappa shape index (κ1) is 13.1. The third kappa shape index (κ3) is 2.71. The van der Waals surface area contributed by atoms with E-state index in [1.165, 1.54) is 25.2 Å². The Morgan fingerprint density at radius 1 is 1.11 bits per heavy atom. The van der Waals surface area contributed by atoms with Crippen molar-refractivity contribution in [1.29, 1.82) is 0 Å². The molecule has 2 aromatic rings. The van der Waals surface area contributed by atoms with Gasteiger partial charge in [0.15, 0.2) is 6.21 Å². The molecule has 0 aromatic carbocycles. The number of nitrogens with zero attached hydrogens (tertiary/aromatic N) is 1. The second kappa shape index (κ2) is 5.50. The van der Waals surface area contributed by atoms with Gasteiger partial charge in [0.05, 0.1) is 5.00 Å². The minimum absolute atomic E-state index is 1.21. The Hall–Kier alpha value is -1.39. The molecule has 0 atom stereocenters. The normalized spacial score (nSPS) is 11.6. The Kier molecular flexibility index (Phi) is 3.99. The van der Waals surface area contributed by atoms with E-state index in [1.54, 1.807) is 6.21 Å². The van der Waals surface area contributed by atoms with E-state index >= 15 is 0 Å². The van der Waals surface area contributed by atoms with Crippen molar-refractivity contribution in [3.05, 3.63) is 35.2 Å². The van der Waals surface area contributed by atoms with Gasteiger partial charge in [-0.2, -0.15) is 0 Å². The average molecular weight is 277 g/mol. The van der Waals surface area contributed by atoms with Crippen molar-refractivity contribution in [2.24, 2.45) is 0 Å². The van der Waals surface area contributed by atoms with Crippen LogP contribution < -0.4 is 10.3 Å². The third-order valence-corrected chi connectivity index (χ3v) is 5.29. The fourth-order valence-corrected chi connectivity index (χ4v) is 3.61. The predicted octanol–water partition coefficient (Wildman–Crippen LogP) is 2.78. The minimum Gasteiger partial charge on any atom is -0.370 e. The molecule has 4 heteroatoms. The van der Waals surface area contributed by atoms with Gasteiger partial charge in [-0.05, 0) is 36.8 Å². The van der Waals surface area contributed by atoms with Crippen LogP contribution in [0.15, 0.2) is 30.3 Å². The van der Waals surface area contributed by atoms with Gasteiger partial charge in [-0.1, -0.05) is 0 Å². The van der Waals surface area contributed by atoms with Crippen LogP contribution in [0.1, 0.15) is 11.8 Å². The number of rotatable bonds is 4. The number of hydrogen-bond acceptors (Lipinski definition) is 3. The largest absolute Gasteiger partial charge is 0.370 e. The first-order valence-corrected chi connectivity index (χ1v) is 7.34.